The van der Waals surface area contributed by atoms with Gasteiger partial charge in [0.15, 0.2) is 0 Å². The van der Waals surface area contributed by atoms with Gasteiger partial charge in [-0.3, -0.25) is 4.79 Å². The smallest absolute Gasteiger partial charge is 0.234 e. The van der Waals surface area contributed by atoms with Crippen LogP contribution in [0.4, 0.5) is 5.69 Å². The molecule has 104 valence electrons. The first-order chi connectivity index (χ1) is 9.56. The molecule has 0 fully saturated rings. The van der Waals surface area contributed by atoms with Crippen LogP contribution in [-0.4, -0.2) is 11.7 Å². The second kappa shape index (κ2) is 6.82. The first-order valence-electron chi connectivity index (χ1n) is 6.30. The van der Waals surface area contributed by atoms with Gasteiger partial charge in [0.25, 0.3) is 0 Å². The quantitative estimate of drug-likeness (QED) is 0.830. The first-order valence-corrected chi connectivity index (χ1v) is 7.67. The van der Waals surface area contributed by atoms with E-state index >= 15 is 0 Å². The number of aryl methyl sites for hydroxylation is 2. The highest BCUT2D eigenvalue weighted by Crippen LogP contribution is 2.27. The minimum Gasteiger partial charge on any atom is -0.324 e. The van der Waals surface area contributed by atoms with Crippen molar-refractivity contribution in [3.8, 4) is 0 Å². The number of hydrogen-bond donors (Lipinski definition) is 1. The largest absolute Gasteiger partial charge is 0.324 e. The molecule has 2 rings (SSSR count). The van der Waals surface area contributed by atoms with Crippen LogP contribution in [-0.2, 0) is 4.79 Å². The SMILES string of the molecule is Cc1cc(C)c(NC(=O)CSc2ccccc2)c(Cl)c1. The predicted molar refractivity (Wildman–Crippen MR) is 86.7 cm³/mol. The van der Waals surface area contributed by atoms with Crippen molar-refractivity contribution in [3.05, 3.63) is 58.6 Å². The number of carbonyl (C=O) groups excluding carboxylic acids is 1. The van der Waals surface area contributed by atoms with Crippen molar-refractivity contribution in [2.24, 2.45) is 0 Å². The van der Waals surface area contributed by atoms with Gasteiger partial charge in [0.2, 0.25) is 5.91 Å². The molecule has 4 heteroatoms. The molecule has 1 amide bonds. The van der Waals surface area contributed by atoms with Crippen LogP contribution in [0.25, 0.3) is 0 Å². The van der Waals surface area contributed by atoms with Crippen molar-refractivity contribution in [1.29, 1.82) is 0 Å². The maximum absolute atomic E-state index is 12.0. The Morgan fingerprint density at radius 1 is 1.20 bits per heavy atom. The highest BCUT2D eigenvalue weighted by atomic mass is 35.5. The van der Waals surface area contributed by atoms with Gasteiger partial charge in [-0.1, -0.05) is 35.9 Å². The van der Waals surface area contributed by atoms with Crippen LogP contribution >= 0.6 is 23.4 Å². The zero-order valence-corrected chi connectivity index (χ0v) is 13.0. The van der Waals surface area contributed by atoms with Crippen LogP contribution in [0.15, 0.2) is 47.4 Å². The third kappa shape index (κ3) is 4.02. The maximum atomic E-state index is 12.0. The van der Waals surface area contributed by atoms with Crippen LogP contribution in [0.1, 0.15) is 11.1 Å². The van der Waals surface area contributed by atoms with Crippen molar-refractivity contribution < 1.29 is 4.79 Å². The van der Waals surface area contributed by atoms with Crippen LogP contribution < -0.4 is 5.32 Å². The molecule has 0 aliphatic carbocycles. The number of thioether (sulfide) groups is 1. The molecule has 2 aromatic carbocycles. The number of nitrogens with one attached hydrogen (secondary N) is 1. The van der Waals surface area contributed by atoms with E-state index in [1.165, 1.54) is 11.8 Å². The summed E-state index contributed by atoms with van der Waals surface area (Å²) in [6.07, 6.45) is 0. The molecule has 2 aromatic rings. The minimum atomic E-state index is -0.0484. The summed E-state index contributed by atoms with van der Waals surface area (Å²) in [5.74, 6) is 0.320. The predicted octanol–water partition coefficient (Wildman–Crippen LogP) is 4.69. The molecular weight excluding hydrogens is 290 g/mol. The van der Waals surface area contributed by atoms with Crippen LogP contribution in [0.5, 0.6) is 0 Å². The Kier molecular flexibility index (Phi) is 5.10. The standard InChI is InChI=1S/C16H16ClNOS/c1-11-8-12(2)16(14(17)9-11)18-15(19)10-20-13-6-4-3-5-7-13/h3-9H,10H2,1-2H3,(H,18,19). The van der Waals surface area contributed by atoms with Crippen molar-refractivity contribution >= 4 is 35.0 Å². The fraction of sp³-hybridized carbons (Fsp3) is 0.188. The Morgan fingerprint density at radius 3 is 2.55 bits per heavy atom. The Hall–Kier alpha value is -1.45. The fourth-order valence-corrected chi connectivity index (χ4v) is 3.00. The second-order valence-electron chi connectivity index (χ2n) is 4.59. The van der Waals surface area contributed by atoms with E-state index < -0.39 is 0 Å². The van der Waals surface area contributed by atoms with Gasteiger partial charge >= 0.3 is 0 Å². The third-order valence-electron chi connectivity index (χ3n) is 2.81. The van der Waals surface area contributed by atoms with Gasteiger partial charge in [0, 0.05) is 4.90 Å². The summed E-state index contributed by atoms with van der Waals surface area (Å²) < 4.78 is 0. The molecule has 0 saturated heterocycles. The van der Waals surface area contributed by atoms with Crippen LogP contribution in [0.3, 0.4) is 0 Å². The van der Waals surface area contributed by atoms with E-state index in [0.29, 0.717) is 16.5 Å². The number of halogens is 1. The molecule has 0 radical (unpaired) electrons. The molecule has 0 heterocycles. The topological polar surface area (TPSA) is 29.1 Å². The van der Waals surface area contributed by atoms with Gasteiger partial charge in [-0.05, 0) is 43.2 Å². The van der Waals surface area contributed by atoms with Gasteiger partial charge in [0.1, 0.15) is 0 Å². The summed E-state index contributed by atoms with van der Waals surface area (Å²) in [7, 11) is 0. The van der Waals surface area contributed by atoms with E-state index in [-0.39, 0.29) is 5.91 Å². The number of hydrogen-bond acceptors (Lipinski definition) is 2. The van der Waals surface area contributed by atoms with Crippen LogP contribution in [0, 0.1) is 13.8 Å². The van der Waals surface area contributed by atoms with E-state index in [9.17, 15) is 4.79 Å². The molecule has 0 bridgehead atoms. The fourth-order valence-electron chi connectivity index (χ4n) is 1.92. The highest BCUT2D eigenvalue weighted by Gasteiger charge is 2.09. The molecule has 0 atom stereocenters. The van der Waals surface area contributed by atoms with Crippen molar-refractivity contribution in [3.63, 3.8) is 0 Å². The molecule has 20 heavy (non-hydrogen) atoms. The van der Waals surface area contributed by atoms with E-state index in [1.54, 1.807) is 0 Å². The van der Waals surface area contributed by atoms with Gasteiger partial charge in [-0.2, -0.15) is 0 Å². The molecule has 0 aliphatic heterocycles. The average molecular weight is 306 g/mol. The first kappa shape index (κ1) is 14.9. The lowest BCUT2D eigenvalue weighted by atomic mass is 10.1. The average Bonchev–Trinajstić information content (AvgIpc) is 2.42. The monoisotopic (exact) mass is 305 g/mol. The third-order valence-corrected chi connectivity index (χ3v) is 4.12. The van der Waals surface area contributed by atoms with Crippen molar-refractivity contribution in [2.45, 2.75) is 18.7 Å². The Morgan fingerprint density at radius 2 is 1.90 bits per heavy atom. The molecular formula is C16H16ClNOS. The molecule has 1 N–H and O–H groups in total. The van der Waals surface area contributed by atoms with Gasteiger partial charge in [-0.15, -0.1) is 11.8 Å². The Bertz CT molecular complexity index is 590. The van der Waals surface area contributed by atoms with Gasteiger partial charge in [-0.25, -0.2) is 0 Å². The molecule has 2 nitrogen and oxygen atoms in total. The molecule has 0 spiro atoms. The van der Waals surface area contributed by atoms with Gasteiger partial charge < -0.3 is 5.32 Å². The lowest BCUT2D eigenvalue weighted by molar-refractivity contribution is -0.113. The Balaban J connectivity index is 1.98. The normalized spacial score (nSPS) is 10.3. The maximum Gasteiger partial charge on any atom is 0.234 e. The summed E-state index contributed by atoms with van der Waals surface area (Å²) >= 11 is 7.68. The molecule has 0 aliphatic rings. The summed E-state index contributed by atoms with van der Waals surface area (Å²) in [5, 5.41) is 3.47. The number of amides is 1. The van der Waals surface area contributed by atoms with Crippen molar-refractivity contribution in [1.82, 2.24) is 0 Å². The molecule has 0 unspecified atom stereocenters. The second-order valence-corrected chi connectivity index (χ2v) is 6.04. The Labute approximate surface area is 128 Å². The summed E-state index contributed by atoms with van der Waals surface area (Å²) in [5.41, 5.74) is 2.77. The lowest BCUT2D eigenvalue weighted by Crippen LogP contribution is -2.15. The molecule has 0 saturated carbocycles. The zero-order valence-electron chi connectivity index (χ0n) is 11.4. The minimum absolute atomic E-state index is 0.0484. The van der Waals surface area contributed by atoms with E-state index in [4.69, 9.17) is 11.6 Å². The highest BCUT2D eigenvalue weighted by molar-refractivity contribution is 8.00. The molecule has 0 aromatic heterocycles. The number of rotatable bonds is 4. The summed E-state index contributed by atoms with van der Waals surface area (Å²) in [6, 6.07) is 13.7. The van der Waals surface area contributed by atoms with Gasteiger partial charge in [0.05, 0.1) is 16.5 Å². The van der Waals surface area contributed by atoms with Crippen molar-refractivity contribution in [2.75, 3.05) is 11.1 Å². The number of carbonyl (C=O) groups is 1. The van der Waals surface area contributed by atoms with E-state index in [1.807, 2.05) is 56.3 Å². The van der Waals surface area contributed by atoms with Crippen LogP contribution in [0.2, 0.25) is 5.02 Å². The number of anilines is 1. The van der Waals surface area contributed by atoms with E-state index in [0.717, 1.165) is 16.0 Å². The van der Waals surface area contributed by atoms with E-state index in [2.05, 4.69) is 5.32 Å². The zero-order chi connectivity index (χ0) is 14.5. The lowest BCUT2D eigenvalue weighted by Gasteiger charge is -2.11. The summed E-state index contributed by atoms with van der Waals surface area (Å²) in [4.78, 5) is 13.1. The number of benzene rings is 2. The summed E-state index contributed by atoms with van der Waals surface area (Å²) in [6.45, 7) is 3.93.